The molecule has 0 spiro atoms. The van der Waals surface area contributed by atoms with Gasteiger partial charge < -0.3 is 10.6 Å². The molecular weight excluding hydrogens is 316 g/mol. The van der Waals surface area contributed by atoms with Gasteiger partial charge in [0.25, 0.3) is 0 Å². The second kappa shape index (κ2) is 6.57. The summed E-state index contributed by atoms with van der Waals surface area (Å²) in [6.45, 7) is 4.28. The van der Waals surface area contributed by atoms with Crippen LogP contribution in [-0.2, 0) is 4.79 Å². The predicted octanol–water partition coefficient (Wildman–Crippen LogP) is 4.12. The lowest BCUT2D eigenvalue weighted by molar-refractivity contribution is -0.114. The van der Waals surface area contributed by atoms with Gasteiger partial charge in [0.05, 0.1) is 6.54 Å². The van der Waals surface area contributed by atoms with E-state index in [1.807, 2.05) is 56.3 Å². The third kappa shape index (κ3) is 3.84. The van der Waals surface area contributed by atoms with E-state index in [0.717, 1.165) is 21.4 Å². The summed E-state index contributed by atoms with van der Waals surface area (Å²) in [6, 6.07) is 13.6. The molecule has 2 aromatic carbocycles. The Balaban J connectivity index is 1.94. The zero-order chi connectivity index (χ0) is 14.5. The van der Waals surface area contributed by atoms with Crippen LogP contribution in [0, 0.1) is 13.8 Å². The molecule has 0 fully saturated rings. The standard InChI is InChI=1S/C16H17BrN2O/c1-11-5-3-8-15(12(11)2)19-16(20)10-18-14-7-4-6-13(17)9-14/h3-9,18H,10H2,1-2H3,(H,19,20). The van der Waals surface area contributed by atoms with Gasteiger partial charge in [-0.15, -0.1) is 0 Å². The first-order valence-corrected chi connectivity index (χ1v) is 7.21. The maximum atomic E-state index is 11.9. The second-order valence-electron chi connectivity index (χ2n) is 4.66. The lowest BCUT2D eigenvalue weighted by atomic mass is 10.1. The van der Waals surface area contributed by atoms with Crippen LogP contribution in [-0.4, -0.2) is 12.5 Å². The van der Waals surface area contributed by atoms with E-state index in [1.165, 1.54) is 5.56 Å². The summed E-state index contributed by atoms with van der Waals surface area (Å²) < 4.78 is 0.984. The van der Waals surface area contributed by atoms with E-state index in [4.69, 9.17) is 0 Å². The highest BCUT2D eigenvalue weighted by molar-refractivity contribution is 9.10. The van der Waals surface area contributed by atoms with Gasteiger partial charge in [0.15, 0.2) is 0 Å². The number of halogens is 1. The molecule has 104 valence electrons. The zero-order valence-corrected chi connectivity index (χ0v) is 13.1. The van der Waals surface area contributed by atoms with Crippen molar-refractivity contribution in [2.24, 2.45) is 0 Å². The summed E-state index contributed by atoms with van der Waals surface area (Å²) in [7, 11) is 0. The van der Waals surface area contributed by atoms with E-state index in [0.29, 0.717) is 0 Å². The summed E-state index contributed by atoms with van der Waals surface area (Å²) >= 11 is 3.40. The lowest BCUT2D eigenvalue weighted by Gasteiger charge is -2.11. The number of benzene rings is 2. The highest BCUT2D eigenvalue weighted by Gasteiger charge is 2.05. The molecule has 2 rings (SSSR count). The summed E-state index contributed by atoms with van der Waals surface area (Å²) in [5, 5.41) is 6.02. The largest absolute Gasteiger partial charge is 0.376 e. The zero-order valence-electron chi connectivity index (χ0n) is 11.5. The Bertz CT molecular complexity index is 626. The molecule has 0 atom stereocenters. The van der Waals surface area contributed by atoms with Gasteiger partial charge in [-0.25, -0.2) is 0 Å². The number of amides is 1. The topological polar surface area (TPSA) is 41.1 Å². The maximum absolute atomic E-state index is 11.9. The minimum atomic E-state index is -0.0568. The minimum absolute atomic E-state index is 0.0568. The maximum Gasteiger partial charge on any atom is 0.243 e. The van der Waals surface area contributed by atoms with E-state index in [9.17, 15) is 4.79 Å². The van der Waals surface area contributed by atoms with Crippen LogP contribution in [0.5, 0.6) is 0 Å². The summed E-state index contributed by atoms with van der Waals surface area (Å²) in [5.41, 5.74) is 4.05. The van der Waals surface area contributed by atoms with Crippen LogP contribution in [0.1, 0.15) is 11.1 Å². The van der Waals surface area contributed by atoms with Crippen molar-refractivity contribution in [1.29, 1.82) is 0 Å². The Kier molecular flexibility index (Phi) is 4.79. The van der Waals surface area contributed by atoms with Crippen LogP contribution >= 0.6 is 15.9 Å². The molecular formula is C16H17BrN2O. The number of anilines is 2. The average molecular weight is 333 g/mol. The van der Waals surface area contributed by atoms with Crippen LogP contribution in [0.2, 0.25) is 0 Å². The van der Waals surface area contributed by atoms with Crippen molar-refractivity contribution in [3.8, 4) is 0 Å². The summed E-state index contributed by atoms with van der Waals surface area (Å²) in [6.07, 6.45) is 0. The van der Waals surface area contributed by atoms with Crippen molar-refractivity contribution in [2.45, 2.75) is 13.8 Å². The van der Waals surface area contributed by atoms with Crippen molar-refractivity contribution >= 4 is 33.2 Å². The van der Waals surface area contributed by atoms with Gasteiger partial charge in [-0.3, -0.25) is 4.79 Å². The number of hydrogen-bond acceptors (Lipinski definition) is 2. The first-order valence-electron chi connectivity index (χ1n) is 6.42. The van der Waals surface area contributed by atoms with E-state index < -0.39 is 0 Å². The molecule has 0 aliphatic carbocycles. The Hall–Kier alpha value is -1.81. The molecule has 3 nitrogen and oxygen atoms in total. The Morgan fingerprint density at radius 3 is 2.65 bits per heavy atom. The molecule has 4 heteroatoms. The van der Waals surface area contributed by atoms with Gasteiger partial charge in [-0.1, -0.05) is 34.1 Å². The van der Waals surface area contributed by atoms with Gasteiger partial charge in [0, 0.05) is 15.8 Å². The lowest BCUT2D eigenvalue weighted by Crippen LogP contribution is -2.22. The molecule has 20 heavy (non-hydrogen) atoms. The molecule has 0 saturated carbocycles. The van der Waals surface area contributed by atoms with Crippen molar-refractivity contribution < 1.29 is 4.79 Å². The molecule has 0 aliphatic heterocycles. The monoisotopic (exact) mass is 332 g/mol. The minimum Gasteiger partial charge on any atom is -0.376 e. The molecule has 0 saturated heterocycles. The quantitative estimate of drug-likeness (QED) is 0.884. The molecule has 0 heterocycles. The Labute approximate surface area is 127 Å². The normalized spacial score (nSPS) is 10.2. The molecule has 2 N–H and O–H groups in total. The number of rotatable bonds is 4. The number of nitrogens with one attached hydrogen (secondary N) is 2. The Morgan fingerprint density at radius 2 is 1.90 bits per heavy atom. The van der Waals surface area contributed by atoms with Crippen LogP contribution in [0.15, 0.2) is 46.9 Å². The summed E-state index contributed by atoms with van der Waals surface area (Å²) in [5.74, 6) is -0.0568. The Morgan fingerprint density at radius 1 is 1.15 bits per heavy atom. The fourth-order valence-electron chi connectivity index (χ4n) is 1.86. The van der Waals surface area contributed by atoms with Crippen molar-refractivity contribution in [3.05, 3.63) is 58.1 Å². The SMILES string of the molecule is Cc1cccc(NC(=O)CNc2cccc(Br)c2)c1C. The van der Waals surface area contributed by atoms with Crippen LogP contribution in [0.25, 0.3) is 0 Å². The third-order valence-electron chi connectivity index (χ3n) is 3.16. The molecule has 2 aromatic rings. The number of carbonyl (C=O) groups is 1. The molecule has 0 radical (unpaired) electrons. The van der Waals surface area contributed by atoms with Crippen molar-refractivity contribution in [3.63, 3.8) is 0 Å². The van der Waals surface area contributed by atoms with Crippen molar-refractivity contribution in [1.82, 2.24) is 0 Å². The molecule has 0 bridgehead atoms. The van der Waals surface area contributed by atoms with E-state index >= 15 is 0 Å². The second-order valence-corrected chi connectivity index (χ2v) is 5.58. The molecule has 0 aromatic heterocycles. The van der Waals surface area contributed by atoms with Gasteiger partial charge in [-0.05, 0) is 49.2 Å². The first-order chi connectivity index (χ1) is 9.56. The number of hydrogen-bond donors (Lipinski definition) is 2. The summed E-state index contributed by atoms with van der Waals surface area (Å²) in [4.78, 5) is 11.9. The van der Waals surface area contributed by atoms with Gasteiger partial charge >= 0.3 is 0 Å². The van der Waals surface area contributed by atoms with Gasteiger partial charge in [0.2, 0.25) is 5.91 Å². The van der Waals surface area contributed by atoms with Gasteiger partial charge in [-0.2, -0.15) is 0 Å². The van der Waals surface area contributed by atoms with Gasteiger partial charge in [0.1, 0.15) is 0 Å². The highest BCUT2D eigenvalue weighted by Crippen LogP contribution is 2.18. The average Bonchev–Trinajstić information content (AvgIpc) is 2.42. The highest BCUT2D eigenvalue weighted by atomic mass is 79.9. The molecule has 1 amide bonds. The molecule has 0 aliphatic rings. The fourth-order valence-corrected chi connectivity index (χ4v) is 2.26. The smallest absolute Gasteiger partial charge is 0.243 e. The van der Waals surface area contributed by atoms with Crippen LogP contribution in [0.3, 0.4) is 0 Å². The van der Waals surface area contributed by atoms with Crippen LogP contribution in [0.4, 0.5) is 11.4 Å². The van der Waals surface area contributed by atoms with E-state index in [2.05, 4.69) is 26.6 Å². The fraction of sp³-hybridized carbons (Fsp3) is 0.188. The molecule has 0 unspecified atom stereocenters. The van der Waals surface area contributed by atoms with E-state index in [-0.39, 0.29) is 12.5 Å². The number of carbonyl (C=O) groups excluding carboxylic acids is 1. The number of aryl methyl sites for hydroxylation is 1. The first kappa shape index (κ1) is 14.6. The third-order valence-corrected chi connectivity index (χ3v) is 3.65. The van der Waals surface area contributed by atoms with E-state index in [1.54, 1.807) is 0 Å². The van der Waals surface area contributed by atoms with Crippen LogP contribution < -0.4 is 10.6 Å². The predicted molar refractivity (Wildman–Crippen MR) is 87.2 cm³/mol. The van der Waals surface area contributed by atoms with Crippen molar-refractivity contribution in [2.75, 3.05) is 17.2 Å².